The zero-order valence-corrected chi connectivity index (χ0v) is 12.5. The second kappa shape index (κ2) is 5.64. The molecule has 1 heterocycles. The van der Waals surface area contributed by atoms with E-state index in [1.165, 1.54) is 0 Å². The van der Waals surface area contributed by atoms with Gasteiger partial charge < -0.3 is 15.2 Å². The maximum Gasteiger partial charge on any atom is 0.251 e. The maximum absolute atomic E-state index is 12.5. The molecule has 2 aliphatic carbocycles. The highest BCUT2D eigenvalue weighted by Crippen LogP contribution is 2.28. The topological polar surface area (TPSA) is 68.3 Å². The normalized spacial score (nSPS) is 21.0. The Hall–Kier alpha value is -1.62. The number of aromatic nitrogens is 1. The Balaban J connectivity index is 1.89. The third kappa shape index (κ3) is 2.75. The van der Waals surface area contributed by atoms with Crippen LogP contribution in [0.15, 0.2) is 16.9 Å². The van der Waals surface area contributed by atoms with Crippen LogP contribution in [0.5, 0.6) is 0 Å². The van der Waals surface area contributed by atoms with Crippen molar-refractivity contribution in [2.45, 2.75) is 57.7 Å². The first kappa shape index (κ1) is 14.3. The van der Waals surface area contributed by atoms with E-state index in [2.05, 4.69) is 0 Å². The second-order valence-corrected chi connectivity index (χ2v) is 6.07. The predicted molar refractivity (Wildman–Crippen MR) is 81.0 cm³/mol. The van der Waals surface area contributed by atoms with Crippen molar-refractivity contribution in [3.63, 3.8) is 0 Å². The van der Waals surface area contributed by atoms with Gasteiger partial charge in [-0.3, -0.25) is 9.59 Å². The Morgan fingerprint density at radius 2 is 2.14 bits per heavy atom. The molecule has 1 saturated carbocycles. The van der Waals surface area contributed by atoms with Gasteiger partial charge in [-0.2, -0.15) is 0 Å². The maximum atomic E-state index is 12.5. The number of carbonyl (C=O) groups is 1. The number of amides is 1. The Morgan fingerprint density at radius 1 is 1.38 bits per heavy atom. The minimum Gasteiger partial charge on any atom is -0.338 e. The van der Waals surface area contributed by atoms with Gasteiger partial charge in [0.1, 0.15) is 6.54 Å². The largest absolute Gasteiger partial charge is 0.338 e. The van der Waals surface area contributed by atoms with E-state index >= 15 is 0 Å². The van der Waals surface area contributed by atoms with Crippen LogP contribution in [0, 0.1) is 0 Å². The summed E-state index contributed by atoms with van der Waals surface area (Å²) in [5.74, 6) is 0.0506. The zero-order chi connectivity index (χ0) is 15.0. The summed E-state index contributed by atoms with van der Waals surface area (Å²) in [6.45, 7) is 2.86. The van der Waals surface area contributed by atoms with E-state index in [4.69, 9.17) is 5.73 Å². The van der Waals surface area contributed by atoms with Crippen molar-refractivity contribution in [2.75, 3.05) is 6.54 Å². The summed E-state index contributed by atoms with van der Waals surface area (Å²) >= 11 is 0. The molecule has 0 aromatic carbocycles. The Morgan fingerprint density at radius 3 is 2.81 bits per heavy atom. The lowest BCUT2D eigenvalue weighted by molar-refractivity contribution is -0.132. The Kier molecular flexibility index (Phi) is 3.85. The van der Waals surface area contributed by atoms with Gasteiger partial charge in [0, 0.05) is 30.4 Å². The highest BCUT2D eigenvalue weighted by atomic mass is 16.2. The molecular formula is C16H23N3O2. The lowest BCUT2D eigenvalue weighted by atomic mass is 9.91. The first-order valence-electron chi connectivity index (χ1n) is 7.89. The lowest BCUT2D eigenvalue weighted by Crippen LogP contribution is -2.39. The van der Waals surface area contributed by atoms with Crippen molar-refractivity contribution in [1.82, 2.24) is 9.47 Å². The van der Waals surface area contributed by atoms with E-state index in [9.17, 15) is 9.59 Å². The monoisotopic (exact) mass is 289 g/mol. The molecule has 3 rings (SSSR count). The zero-order valence-electron chi connectivity index (χ0n) is 12.5. The van der Waals surface area contributed by atoms with Crippen LogP contribution in [0.4, 0.5) is 0 Å². The SMILES string of the molecule is CCN(C(=O)Cn1c2c(ccc1=O)C(N)CCC2)C1CC1. The van der Waals surface area contributed by atoms with Crippen LogP contribution < -0.4 is 11.3 Å². The van der Waals surface area contributed by atoms with Crippen LogP contribution in [0.25, 0.3) is 0 Å². The van der Waals surface area contributed by atoms with Gasteiger partial charge in [0.15, 0.2) is 0 Å². The molecule has 0 saturated heterocycles. The molecule has 1 fully saturated rings. The molecule has 5 nitrogen and oxygen atoms in total. The van der Waals surface area contributed by atoms with E-state index in [-0.39, 0.29) is 24.1 Å². The van der Waals surface area contributed by atoms with Crippen LogP contribution >= 0.6 is 0 Å². The fourth-order valence-corrected chi connectivity index (χ4v) is 3.32. The first-order valence-corrected chi connectivity index (χ1v) is 7.89. The van der Waals surface area contributed by atoms with E-state index in [0.717, 1.165) is 43.4 Å². The lowest BCUT2D eigenvalue weighted by Gasteiger charge is -2.27. The average molecular weight is 289 g/mol. The molecule has 0 aliphatic heterocycles. The van der Waals surface area contributed by atoms with Crippen molar-refractivity contribution in [3.05, 3.63) is 33.7 Å². The first-order chi connectivity index (χ1) is 10.1. The minimum absolute atomic E-state index is 0.0126. The number of fused-ring (bicyclic) bond motifs is 1. The number of nitrogens with two attached hydrogens (primary N) is 1. The quantitative estimate of drug-likeness (QED) is 0.905. The molecular weight excluding hydrogens is 266 g/mol. The third-order valence-electron chi connectivity index (χ3n) is 4.60. The smallest absolute Gasteiger partial charge is 0.251 e. The molecule has 21 heavy (non-hydrogen) atoms. The summed E-state index contributed by atoms with van der Waals surface area (Å²) in [5, 5.41) is 0. The van der Waals surface area contributed by atoms with E-state index in [1.54, 1.807) is 10.6 Å². The summed E-state index contributed by atoms with van der Waals surface area (Å²) in [7, 11) is 0. The van der Waals surface area contributed by atoms with Crippen LogP contribution in [0.3, 0.4) is 0 Å². The molecule has 2 aliphatic rings. The van der Waals surface area contributed by atoms with Crippen LogP contribution in [-0.4, -0.2) is 28.0 Å². The predicted octanol–water partition coefficient (Wildman–Crippen LogP) is 1.20. The summed E-state index contributed by atoms with van der Waals surface area (Å²) in [6.07, 6.45) is 4.94. The van der Waals surface area contributed by atoms with Crippen LogP contribution in [0.1, 0.15) is 49.9 Å². The van der Waals surface area contributed by atoms with Gasteiger partial charge >= 0.3 is 0 Å². The number of likely N-dealkylation sites (N-methyl/N-ethyl adjacent to an activating group) is 1. The molecule has 5 heteroatoms. The number of carbonyl (C=O) groups excluding carboxylic acids is 1. The van der Waals surface area contributed by atoms with Crippen molar-refractivity contribution in [1.29, 1.82) is 0 Å². The van der Waals surface area contributed by atoms with Crippen molar-refractivity contribution < 1.29 is 4.79 Å². The van der Waals surface area contributed by atoms with Crippen molar-refractivity contribution in [2.24, 2.45) is 5.73 Å². The molecule has 0 spiro atoms. The summed E-state index contributed by atoms with van der Waals surface area (Å²) in [4.78, 5) is 26.6. The molecule has 1 amide bonds. The molecule has 2 N–H and O–H groups in total. The van der Waals surface area contributed by atoms with Gasteiger partial charge in [-0.1, -0.05) is 6.07 Å². The minimum atomic E-state index is -0.0944. The number of pyridine rings is 1. The molecule has 0 radical (unpaired) electrons. The highest BCUT2D eigenvalue weighted by molar-refractivity contribution is 5.76. The molecule has 114 valence electrons. The number of nitrogens with zero attached hydrogens (tertiary/aromatic N) is 2. The van der Waals surface area contributed by atoms with Gasteiger partial charge in [-0.15, -0.1) is 0 Å². The Bertz CT molecular complexity index is 604. The molecule has 0 bridgehead atoms. The van der Waals surface area contributed by atoms with E-state index in [1.807, 2.05) is 17.9 Å². The number of rotatable bonds is 4. The molecule has 1 atom stereocenters. The molecule has 1 aromatic heterocycles. The van der Waals surface area contributed by atoms with Crippen LogP contribution in [0.2, 0.25) is 0 Å². The van der Waals surface area contributed by atoms with Crippen molar-refractivity contribution >= 4 is 5.91 Å². The Labute approximate surface area is 124 Å². The second-order valence-electron chi connectivity index (χ2n) is 6.07. The molecule has 1 unspecified atom stereocenters. The van der Waals surface area contributed by atoms with Gasteiger partial charge in [-0.05, 0) is 44.6 Å². The average Bonchev–Trinajstić information content (AvgIpc) is 3.28. The number of hydrogen-bond acceptors (Lipinski definition) is 3. The highest BCUT2D eigenvalue weighted by Gasteiger charge is 2.32. The summed E-state index contributed by atoms with van der Waals surface area (Å²) < 4.78 is 1.64. The third-order valence-corrected chi connectivity index (χ3v) is 4.60. The van der Waals surface area contributed by atoms with Crippen molar-refractivity contribution in [3.8, 4) is 0 Å². The fourth-order valence-electron chi connectivity index (χ4n) is 3.32. The van der Waals surface area contributed by atoms with Crippen LogP contribution in [-0.2, 0) is 17.8 Å². The van der Waals surface area contributed by atoms with E-state index < -0.39 is 0 Å². The summed E-state index contributed by atoms with van der Waals surface area (Å²) in [6, 6.07) is 3.76. The summed E-state index contributed by atoms with van der Waals surface area (Å²) in [5.41, 5.74) is 8.03. The molecule has 1 aromatic rings. The standard InChI is InChI=1S/C16H23N3O2/c1-2-18(11-6-7-11)16(21)10-19-14-5-3-4-13(17)12(14)8-9-15(19)20/h8-9,11,13H,2-7,10,17H2,1H3. The number of hydrogen-bond donors (Lipinski definition) is 1. The van der Waals surface area contributed by atoms with E-state index in [0.29, 0.717) is 12.6 Å². The van der Waals surface area contributed by atoms with Gasteiger partial charge in [0.05, 0.1) is 0 Å². The van der Waals surface area contributed by atoms with Gasteiger partial charge in [-0.25, -0.2) is 0 Å². The van der Waals surface area contributed by atoms with Gasteiger partial charge in [0.25, 0.3) is 5.56 Å². The fraction of sp³-hybridized carbons (Fsp3) is 0.625. The van der Waals surface area contributed by atoms with Gasteiger partial charge in [0.2, 0.25) is 5.91 Å².